The van der Waals surface area contributed by atoms with Gasteiger partial charge in [0.25, 0.3) is 0 Å². The highest BCUT2D eigenvalue weighted by atomic mass is 31.2. The summed E-state index contributed by atoms with van der Waals surface area (Å²) in [5.41, 5.74) is -0.957. The lowest BCUT2D eigenvalue weighted by atomic mass is 9.93. The van der Waals surface area contributed by atoms with Crippen molar-refractivity contribution in [3.63, 3.8) is 0 Å². The van der Waals surface area contributed by atoms with Gasteiger partial charge in [0.15, 0.2) is 0 Å². The van der Waals surface area contributed by atoms with Gasteiger partial charge in [-0.1, -0.05) is 0 Å². The highest BCUT2D eigenvalue weighted by molar-refractivity contribution is 7.47. The summed E-state index contributed by atoms with van der Waals surface area (Å²) in [7, 11) is 7.27. The van der Waals surface area contributed by atoms with E-state index in [0.717, 1.165) is 0 Å². The van der Waals surface area contributed by atoms with Gasteiger partial charge in [-0.3, -0.25) is 9.05 Å². The van der Waals surface area contributed by atoms with Crippen LogP contribution >= 0.6 is 7.82 Å². The van der Waals surface area contributed by atoms with Gasteiger partial charge in [0.1, 0.15) is 33.5 Å². The molecule has 1 N–H and O–H groups in total. The summed E-state index contributed by atoms with van der Waals surface area (Å²) in [5.74, 6) is 0. The molecule has 28 heavy (non-hydrogen) atoms. The largest absolute Gasteiger partial charge is 0.472 e. The van der Waals surface area contributed by atoms with E-state index in [1.54, 1.807) is 6.92 Å². The third-order valence-electron chi connectivity index (χ3n) is 4.59. The van der Waals surface area contributed by atoms with Gasteiger partial charge in [0.2, 0.25) is 0 Å². The van der Waals surface area contributed by atoms with Crippen LogP contribution in [0.15, 0.2) is 0 Å². The summed E-state index contributed by atoms with van der Waals surface area (Å²) in [4.78, 5) is 10.2. The predicted molar refractivity (Wildman–Crippen MR) is 104 cm³/mol. The average molecular weight is 416 g/mol. The molecule has 4 radical (unpaired) electrons. The Morgan fingerprint density at radius 2 is 1.86 bits per heavy atom. The second-order valence-electron chi connectivity index (χ2n) is 8.09. The first-order valence-corrected chi connectivity index (χ1v) is 11.2. The van der Waals surface area contributed by atoms with Crippen molar-refractivity contribution in [1.29, 1.82) is 0 Å². The molecule has 7 atom stereocenters. The lowest BCUT2D eigenvalue weighted by Gasteiger charge is -2.32. The van der Waals surface area contributed by atoms with E-state index in [2.05, 4.69) is 0 Å². The monoisotopic (exact) mass is 416 g/mol. The van der Waals surface area contributed by atoms with Crippen molar-refractivity contribution < 1.29 is 37.5 Å². The van der Waals surface area contributed by atoms with Gasteiger partial charge in [-0.15, -0.1) is 0 Å². The Labute approximate surface area is 170 Å². The number of ether oxygens (including phenoxy) is 4. The Morgan fingerprint density at radius 1 is 1.18 bits per heavy atom. The molecule has 2 saturated heterocycles. The van der Waals surface area contributed by atoms with Crippen LogP contribution in [0.1, 0.15) is 47.5 Å². The second-order valence-corrected chi connectivity index (χ2v) is 9.50. The van der Waals surface area contributed by atoms with E-state index in [-0.39, 0.29) is 37.9 Å². The molecule has 2 heterocycles. The Hall–Kier alpha value is 0.0799. The minimum absolute atomic E-state index is 0.0302. The summed E-state index contributed by atoms with van der Waals surface area (Å²) in [6.45, 7) is 9.28. The second kappa shape index (κ2) is 9.92. The molecule has 2 fully saturated rings. The first kappa shape index (κ1) is 24.4. The fourth-order valence-electron chi connectivity index (χ4n) is 3.29. The molecule has 0 bridgehead atoms. The van der Waals surface area contributed by atoms with Crippen molar-refractivity contribution in [1.82, 2.24) is 0 Å². The number of hydrogen-bond donors (Lipinski definition) is 1. The van der Waals surface area contributed by atoms with Gasteiger partial charge in [-0.2, -0.15) is 0 Å². The zero-order valence-electron chi connectivity index (χ0n) is 17.3. The fourth-order valence-corrected chi connectivity index (χ4v) is 4.32. The molecule has 0 aliphatic carbocycles. The van der Waals surface area contributed by atoms with Gasteiger partial charge >= 0.3 is 7.82 Å². The lowest BCUT2D eigenvalue weighted by Crippen LogP contribution is -2.43. The topological polar surface area (TPSA) is 92.7 Å². The predicted octanol–water partition coefficient (Wildman–Crippen LogP) is 1.66. The van der Waals surface area contributed by atoms with Gasteiger partial charge < -0.3 is 23.8 Å². The lowest BCUT2D eigenvalue weighted by molar-refractivity contribution is -0.113. The summed E-state index contributed by atoms with van der Waals surface area (Å²) < 4.78 is 45.7. The zero-order chi connectivity index (χ0) is 21.1. The molecule has 0 saturated carbocycles. The molecule has 158 valence electrons. The Balaban J connectivity index is 1.93. The fraction of sp³-hybridized carbons (Fsp3) is 1.00. The van der Waals surface area contributed by atoms with E-state index in [9.17, 15) is 9.46 Å². The van der Waals surface area contributed by atoms with Gasteiger partial charge in [-0.25, -0.2) is 4.57 Å². The molecular weight excluding hydrogens is 385 g/mol. The molecule has 0 spiro atoms. The zero-order valence-corrected chi connectivity index (χ0v) is 18.2. The van der Waals surface area contributed by atoms with Crippen LogP contribution in [0, 0.1) is 0 Å². The molecule has 11 heteroatoms. The van der Waals surface area contributed by atoms with Crippen LogP contribution in [-0.4, -0.2) is 81.9 Å². The van der Waals surface area contributed by atoms with Gasteiger partial charge in [-0.05, 0) is 47.5 Å². The molecule has 0 aromatic rings. The summed E-state index contributed by atoms with van der Waals surface area (Å²) in [6, 6.07) is -1.13. The smallest absolute Gasteiger partial charge is 0.380 e. The first-order valence-electron chi connectivity index (χ1n) is 9.67. The third-order valence-corrected chi connectivity index (χ3v) is 5.59. The molecule has 8 nitrogen and oxygen atoms in total. The van der Waals surface area contributed by atoms with E-state index >= 15 is 0 Å². The van der Waals surface area contributed by atoms with Crippen LogP contribution < -0.4 is 0 Å². The third kappa shape index (κ3) is 7.10. The highest BCUT2D eigenvalue weighted by Crippen LogP contribution is 2.49. The maximum atomic E-state index is 12.5. The minimum Gasteiger partial charge on any atom is -0.380 e. The maximum Gasteiger partial charge on any atom is 0.472 e. The van der Waals surface area contributed by atoms with Crippen molar-refractivity contribution in [2.75, 3.05) is 13.2 Å². The standard InChI is InChI=1S/C17H31B2O8P/c1-10(2)22-9-17(5)14(7-16(19)26-17)27-28(20,21)23-8-13-12(24-11(3)4)6-15(18)25-13/h10-16H,6-9H2,1-5H3,(H,20,21)/t12-,13-,14-,15-,16-,17-/m1/s1. The SMILES string of the molecule is [B][C@H]1C[C@@H](OC(C)C)[C@@H](COP(=O)(O)O[C@@H]2C[C@H]([B])O[C@]2(C)COC(C)C)O1. The normalized spacial score (nSPS) is 38.4. The molecule has 0 aromatic heterocycles. The maximum absolute atomic E-state index is 12.5. The Kier molecular flexibility index (Phi) is 8.63. The highest BCUT2D eigenvalue weighted by Gasteiger charge is 2.48. The summed E-state index contributed by atoms with van der Waals surface area (Å²) in [5, 5.41) is 0. The molecule has 0 amide bonds. The Morgan fingerprint density at radius 3 is 2.46 bits per heavy atom. The van der Waals surface area contributed by atoms with Crippen LogP contribution in [0.5, 0.6) is 0 Å². The van der Waals surface area contributed by atoms with Crippen molar-refractivity contribution in [3.05, 3.63) is 0 Å². The molecule has 2 aliphatic rings. The van der Waals surface area contributed by atoms with Crippen LogP contribution in [0.25, 0.3) is 0 Å². The van der Waals surface area contributed by atoms with Crippen LogP contribution in [-0.2, 0) is 32.6 Å². The van der Waals surface area contributed by atoms with E-state index < -0.39 is 37.6 Å². The summed E-state index contributed by atoms with van der Waals surface area (Å²) >= 11 is 0. The van der Waals surface area contributed by atoms with Crippen LogP contribution in [0.3, 0.4) is 0 Å². The molecule has 0 aromatic carbocycles. The quantitative estimate of drug-likeness (QED) is 0.425. The number of phosphoric ester groups is 1. The van der Waals surface area contributed by atoms with Crippen LogP contribution in [0.2, 0.25) is 0 Å². The van der Waals surface area contributed by atoms with Crippen molar-refractivity contribution in [2.24, 2.45) is 0 Å². The summed E-state index contributed by atoms with van der Waals surface area (Å²) in [6.07, 6.45) is -0.961. The van der Waals surface area contributed by atoms with Gasteiger partial charge in [0, 0.05) is 12.0 Å². The molecule has 2 rings (SSSR count). The van der Waals surface area contributed by atoms with Crippen molar-refractivity contribution in [3.8, 4) is 0 Å². The average Bonchev–Trinajstić information content (AvgIpc) is 3.02. The minimum atomic E-state index is -4.40. The number of hydrogen-bond acceptors (Lipinski definition) is 7. The molecule has 1 unspecified atom stereocenters. The van der Waals surface area contributed by atoms with Crippen molar-refractivity contribution >= 4 is 23.5 Å². The van der Waals surface area contributed by atoms with Crippen LogP contribution in [0.4, 0.5) is 0 Å². The van der Waals surface area contributed by atoms with E-state index in [4.69, 9.17) is 43.7 Å². The van der Waals surface area contributed by atoms with Crippen molar-refractivity contribution in [2.45, 2.75) is 95.6 Å². The number of rotatable bonds is 10. The molecular formula is C17H31B2O8P. The van der Waals surface area contributed by atoms with Gasteiger partial charge in [0.05, 0.1) is 31.5 Å². The molecule has 2 aliphatic heterocycles. The van der Waals surface area contributed by atoms with E-state index in [1.807, 2.05) is 27.7 Å². The number of phosphoric acid groups is 1. The Bertz CT molecular complexity index is 551. The first-order chi connectivity index (χ1) is 12.9. The van der Waals surface area contributed by atoms with E-state index in [1.165, 1.54) is 0 Å². The van der Waals surface area contributed by atoms with E-state index in [0.29, 0.717) is 6.42 Å².